The smallest absolute Gasteiger partial charge is 0.255 e. The standard InChI is InChI=1S/C24H22N2O5S/c1-2-32(30,31)18-12-13-21(27)20(14-18)25-23(28)22(16-8-4-3-5-9-16)26-15-17-10-6-7-11-19(17)24(26)29/h3-14,22,27H,2,15H2,1H3,(H,25,28). The fourth-order valence-corrected chi connectivity index (χ4v) is 4.68. The van der Waals surface area contributed by atoms with Crippen LogP contribution in [0.1, 0.15) is 34.5 Å². The van der Waals surface area contributed by atoms with E-state index in [1.807, 2.05) is 18.2 Å². The van der Waals surface area contributed by atoms with Crippen LogP contribution in [-0.2, 0) is 21.2 Å². The molecule has 7 nitrogen and oxygen atoms in total. The third-order valence-electron chi connectivity index (χ3n) is 5.49. The average molecular weight is 451 g/mol. The van der Waals surface area contributed by atoms with Crippen LogP contribution >= 0.6 is 0 Å². The lowest BCUT2D eigenvalue weighted by Crippen LogP contribution is -2.37. The first-order valence-electron chi connectivity index (χ1n) is 10.1. The molecule has 1 aliphatic rings. The number of nitrogens with zero attached hydrogens (tertiary/aromatic N) is 1. The van der Waals surface area contributed by atoms with Gasteiger partial charge in [-0.15, -0.1) is 0 Å². The van der Waals surface area contributed by atoms with Crippen molar-refractivity contribution in [2.24, 2.45) is 0 Å². The van der Waals surface area contributed by atoms with Gasteiger partial charge >= 0.3 is 0 Å². The maximum Gasteiger partial charge on any atom is 0.255 e. The Hall–Kier alpha value is -3.65. The molecular formula is C24H22N2O5S. The number of carbonyl (C=O) groups excluding carboxylic acids is 2. The molecule has 0 saturated heterocycles. The number of hydrogen-bond acceptors (Lipinski definition) is 5. The lowest BCUT2D eigenvalue weighted by atomic mass is 10.0. The molecule has 0 fully saturated rings. The van der Waals surface area contributed by atoms with Crippen LogP contribution in [0, 0.1) is 0 Å². The van der Waals surface area contributed by atoms with Crippen LogP contribution in [0.2, 0.25) is 0 Å². The van der Waals surface area contributed by atoms with Crippen molar-refractivity contribution in [3.63, 3.8) is 0 Å². The molecule has 0 bridgehead atoms. The van der Waals surface area contributed by atoms with E-state index in [0.717, 1.165) is 5.56 Å². The summed E-state index contributed by atoms with van der Waals surface area (Å²) >= 11 is 0. The fourth-order valence-electron chi connectivity index (χ4n) is 3.77. The molecule has 0 aromatic heterocycles. The van der Waals surface area contributed by atoms with Crippen LogP contribution in [0.5, 0.6) is 5.75 Å². The van der Waals surface area contributed by atoms with Crippen molar-refractivity contribution in [3.05, 3.63) is 89.5 Å². The number of fused-ring (bicyclic) bond motifs is 1. The van der Waals surface area contributed by atoms with Gasteiger partial charge in [-0.1, -0.05) is 55.5 Å². The summed E-state index contributed by atoms with van der Waals surface area (Å²) in [5, 5.41) is 12.9. The van der Waals surface area contributed by atoms with E-state index in [1.165, 1.54) is 30.0 Å². The Bertz CT molecular complexity index is 1290. The number of anilines is 1. The van der Waals surface area contributed by atoms with E-state index < -0.39 is 21.8 Å². The second kappa shape index (κ2) is 8.47. The first-order chi connectivity index (χ1) is 15.3. The largest absolute Gasteiger partial charge is 0.506 e. The van der Waals surface area contributed by atoms with E-state index in [9.17, 15) is 23.1 Å². The minimum absolute atomic E-state index is 0.00554. The number of nitrogens with one attached hydrogen (secondary N) is 1. The molecule has 8 heteroatoms. The quantitative estimate of drug-likeness (QED) is 0.559. The number of phenols is 1. The number of aromatic hydroxyl groups is 1. The molecule has 3 aromatic carbocycles. The number of phenolic OH excluding ortho intramolecular Hbond substituents is 1. The van der Waals surface area contributed by atoms with Gasteiger partial charge in [-0.05, 0) is 35.4 Å². The molecule has 0 aliphatic carbocycles. The number of carbonyl (C=O) groups is 2. The van der Waals surface area contributed by atoms with Gasteiger partial charge in [0, 0.05) is 12.1 Å². The number of amides is 2. The first kappa shape index (κ1) is 21.6. The minimum atomic E-state index is -3.53. The van der Waals surface area contributed by atoms with Crippen molar-refractivity contribution in [1.29, 1.82) is 0 Å². The van der Waals surface area contributed by atoms with Crippen molar-refractivity contribution < 1.29 is 23.1 Å². The van der Waals surface area contributed by atoms with Crippen molar-refractivity contribution >= 4 is 27.3 Å². The summed E-state index contributed by atoms with van der Waals surface area (Å²) in [6.45, 7) is 1.78. The Labute approximate surface area is 186 Å². The van der Waals surface area contributed by atoms with Crippen molar-refractivity contribution in [2.75, 3.05) is 11.1 Å². The zero-order chi connectivity index (χ0) is 22.9. The predicted octanol–water partition coefficient (Wildman–Crippen LogP) is 3.52. The molecule has 164 valence electrons. The van der Waals surface area contributed by atoms with E-state index >= 15 is 0 Å². The SMILES string of the molecule is CCS(=O)(=O)c1ccc(O)c(NC(=O)C(c2ccccc2)N2Cc3ccccc3C2=O)c1. The summed E-state index contributed by atoms with van der Waals surface area (Å²) in [5.74, 6) is -1.20. The second-order valence-corrected chi connectivity index (χ2v) is 9.75. The summed E-state index contributed by atoms with van der Waals surface area (Å²) in [6.07, 6.45) is 0. The minimum Gasteiger partial charge on any atom is -0.506 e. The van der Waals surface area contributed by atoms with Crippen LogP contribution in [0.25, 0.3) is 0 Å². The topological polar surface area (TPSA) is 104 Å². The molecule has 0 spiro atoms. The van der Waals surface area contributed by atoms with Gasteiger partial charge < -0.3 is 15.3 Å². The van der Waals surface area contributed by atoms with Gasteiger partial charge in [-0.3, -0.25) is 9.59 Å². The maximum absolute atomic E-state index is 13.4. The van der Waals surface area contributed by atoms with Crippen LogP contribution in [0.3, 0.4) is 0 Å². The highest BCUT2D eigenvalue weighted by Gasteiger charge is 2.37. The van der Waals surface area contributed by atoms with E-state index in [2.05, 4.69) is 5.32 Å². The summed E-state index contributed by atoms with van der Waals surface area (Å²) in [7, 11) is -3.53. The molecule has 32 heavy (non-hydrogen) atoms. The zero-order valence-electron chi connectivity index (χ0n) is 17.4. The van der Waals surface area contributed by atoms with Gasteiger partial charge in [0.2, 0.25) is 0 Å². The van der Waals surface area contributed by atoms with Gasteiger partial charge in [0.15, 0.2) is 9.84 Å². The zero-order valence-corrected chi connectivity index (χ0v) is 18.2. The van der Waals surface area contributed by atoms with Gasteiger partial charge in [0.1, 0.15) is 11.8 Å². The van der Waals surface area contributed by atoms with Gasteiger partial charge in [0.25, 0.3) is 11.8 Å². The number of sulfone groups is 1. The van der Waals surface area contributed by atoms with Crippen LogP contribution in [0.15, 0.2) is 77.7 Å². The summed E-state index contributed by atoms with van der Waals surface area (Å²) in [4.78, 5) is 28.0. The Kier molecular flexibility index (Phi) is 5.71. The summed E-state index contributed by atoms with van der Waals surface area (Å²) in [5.41, 5.74) is 1.93. The normalized spacial score (nSPS) is 14.2. The molecule has 0 saturated carbocycles. The fraction of sp³-hybridized carbons (Fsp3) is 0.167. The summed E-state index contributed by atoms with van der Waals surface area (Å²) in [6, 6.07) is 18.8. The van der Waals surface area contributed by atoms with Crippen LogP contribution < -0.4 is 5.32 Å². The Morgan fingerprint density at radius 1 is 1.06 bits per heavy atom. The highest BCUT2D eigenvalue weighted by atomic mass is 32.2. The second-order valence-electron chi connectivity index (χ2n) is 7.48. The van der Waals surface area contributed by atoms with Crippen molar-refractivity contribution in [2.45, 2.75) is 24.4 Å². The molecule has 4 rings (SSSR count). The highest BCUT2D eigenvalue weighted by Crippen LogP contribution is 2.34. The predicted molar refractivity (Wildman–Crippen MR) is 120 cm³/mol. The Balaban J connectivity index is 1.71. The third kappa shape index (κ3) is 3.97. The third-order valence-corrected chi connectivity index (χ3v) is 7.22. The molecule has 1 unspecified atom stereocenters. The number of rotatable bonds is 6. The van der Waals surface area contributed by atoms with E-state index in [-0.39, 0.29) is 34.5 Å². The molecule has 2 N–H and O–H groups in total. The van der Waals surface area contributed by atoms with E-state index in [0.29, 0.717) is 11.1 Å². The molecule has 2 amide bonds. The molecule has 1 aliphatic heterocycles. The molecule has 1 heterocycles. The molecule has 0 radical (unpaired) electrons. The van der Waals surface area contributed by atoms with Gasteiger partial charge in [-0.2, -0.15) is 0 Å². The van der Waals surface area contributed by atoms with Gasteiger partial charge in [-0.25, -0.2) is 8.42 Å². The Morgan fingerprint density at radius 3 is 2.44 bits per heavy atom. The maximum atomic E-state index is 13.4. The number of hydrogen-bond donors (Lipinski definition) is 2. The van der Waals surface area contributed by atoms with Crippen LogP contribution in [0.4, 0.5) is 5.69 Å². The molecule has 1 atom stereocenters. The van der Waals surface area contributed by atoms with Crippen molar-refractivity contribution in [1.82, 2.24) is 4.90 Å². The van der Waals surface area contributed by atoms with Gasteiger partial charge in [0.05, 0.1) is 16.3 Å². The Morgan fingerprint density at radius 2 is 1.75 bits per heavy atom. The van der Waals surface area contributed by atoms with Crippen molar-refractivity contribution in [3.8, 4) is 5.75 Å². The van der Waals surface area contributed by atoms with E-state index in [4.69, 9.17) is 0 Å². The van der Waals surface area contributed by atoms with Crippen LogP contribution in [-0.4, -0.2) is 36.0 Å². The lowest BCUT2D eigenvalue weighted by Gasteiger charge is -2.27. The first-order valence-corrected chi connectivity index (χ1v) is 11.8. The highest BCUT2D eigenvalue weighted by molar-refractivity contribution is 7.91. The average Bonchev–Trinajstić information content (AvgIpc) is 3.12. The lowest BCUT2D eigenvalue weighted by molar-refractivity contribution is -0.120. The summed E-state index contributed by atoms with van der Waals surface area (Å²) < 4.78 is 24.5. The van der Waals surface area contributed by atoms with E-state index in [1.54, 1.807) is 36.4 Å². The molecule has 3 aromatic rings. The monoisotopic (exact) mass is 450 g/mol. The molecular weight excluding hydrogens is 428 g/mol. The number of benzene rings is 3.